The highest BCUT2D eigenvalue weighted by molar-refractivity contribution is 7.99. The Balaban J connectivity index is 2.27. The van der Waals surface area contributed by atoms with Gasteiger partial charge < -0.3 is 15.8 Å². The Morgan fingerprint density at radius 2 is 2.40 bits per heavy atom. The van der Waals surface area contributed by atoms with Crippen LogP contribution < -0.4 is 11.1 Å². The number of nitrogens with one attached hydrogen (secondary N) is 1. The highest BCUT2D eigenvalue weighted by atomic mass is 32.2. The lowest BCUT2D eigenvalue weighted by atomic mass is 10.2. The smallest absolute Gasteiger partial charge is 0.239 e. The Morgan fingerprint density at radius 3 is 2.93 bits per heavy atom. The first-order valence-corrected chi connectivity index (χ1v) is 6.53. The quantitative estimate of drug-likeness (QED) is 0.718. The van der Waals surface area contributed by atoms with E-state index in [-0.39, 0.29) is 12.5 Å². The molecule has 3 unspecified atom stereocenters. The van der Waals surface area contributed by atoms with Crippen LogP contribution in [0.25, 0.3) is 0 Å². The third-order valence-corrected chi connectivity index (χ3v) is 3.84. The van der Waals surface area contributed by atoms with Gasteiger partial charge in [-0.2, -0.15) is 11.8 Å². The molecule has 0 saturated heterocycles. The Hall–Kier alpha value is -0.260. The fraction of sp³-hybridized carbons (Fsp3) is 0.900. The molecular weight excluding hydrogens is 212 g/mol. The summed E-state index contributed by atoms with van der Waals surface area (Å²) < 4.78 is 4.84. The van der Waals surface area contributed by atoms with E-state index in [1.165, 1.54) is 6.42 Å². The molecule has 1 aliphatic carbocycles. The number of amides is 1. The molecule has 0 heterocycles. The van der Waals surface area contributed by atoms with Crippen LogP contribution in [0.15, 0.2) is 0 Å². The molecule has 0 aromatic rings. The molecule has 0 aromatic carbocycles. The Morgan fingerprint density at radius 1 is 1.67 bits per heavy atom. The van der Waals surface area contributed by atoms with Crippen molar-refractivity contribution in [3.8, 4) is 0 Å². The third-order valence-electron chi connectivity index (χ3n) is 2.75. The summed E-state index contributed by atoms with van der Waals surface area (Å²) in [6.45, 7) is 0.282. The Labute approximate surface area is 95.3 Å². The summed E-state index contributed by atoms with van der Waals surface area (Å²) in [6.07, 6.45) is 5.43. The minimum absolute atomic E-state index is 0.0939. The van der Waals surface area contributed by atoms with Crippen LogP contribution in [0.5, 0.6) is 0 Å². The van der Waals surface area contributed by atoms with Gasteiger partial charge in [0.1, 0.15) is 6.04 Å². The van der Waals surface area contributed by atoms with Crippen molar-refractivity contribution in [1.82, 2.24) is 5.32 Å². The Bertz CT molecular complexity index is 214. The molecular formula is C10H20N2O2S. The van der Waals surface area contributed by atoms with Crippen molar-refractivity contribution in [3.63, 3.8) is 0 Å². The fourth-order valence-corrected chi connectivity index (χ4v) is 2.65. The number of rotatable bonds is 5. The maximum absolute atomic E-state index is 11.6. The SMILES string of the molecule is COCC(N)C(=O)NC1CCC(SC)C1. The van der Waals surface area contributed by atoms with E-state index in [0.29, 0.717) is 11.3 Å². The summed E-state index contributed by atoms with van der Waals surface area (Å²) in [5.74, 6) is -0.0939. The van der Waals surface area contributed by atoms with Gasteiger partial charge in [0.2, 0.25) is 5.91 Å². The number of ether oxygens (including phenoxy) is 1. The molecule has 1 fully saturated rings. The van der Waals surface area contributed by atoms with Gasteiger partial charge in [-0.3, -0.25) is 4.79 Å². The van der Waals surface area contributed by atoms with E-state index in [2.05, 4.69) is 11.6 Å². The highest BCUT2D eigenvalue weighted by Crippen LogP contribution is 2.28. The number of carbonyl (C=O) groups is 1. The van der Waals surface area contributed by atoms with Gasteiger partial charge in [0.25, 0.3) is 0 Å². The molecule has 3 atom stereocenters. The van der Waals surface area contributed by atoms with Gasteiger partial charge >= 0.3 is 0 Å². The van der Waals surface area contributed by atoms with E-state index >= 15 is 0 Å². The van der Waals surface area contributed by atoms with Gasteiger partial charge in [-0.25, -0.2) is 0 Å². The monoisotopic (exact) mass is 232 g/mol. The Kier molecular flexibility index (Phi) is 5.42. The molecule has 1 amide bonds. The van der Waals surface area contributed by atoms with Crippen LogP contribution in [-0.2, 0) is 9.53 Å². The van der Waals surface area contributed by atoms with Crippen LogP contribution in [-0.4, -0.2) is 43.2 Å². The van der Waals surface area contributed by atoms with Gasteiger partial charge in [-0.15, -0.1) is 0 Å². The maximum Gasteiger partial charge on any atom is 0.239 e. The average molecular weight is 232 g/mol. The summed E-state index contributed by atoms with van der Waals surface area (Å²) in [5, 5.41) is 3.66. The zero-order valence-corrected chi connectivity index (χ0v) is 10.2. The number of carbonyl (C=O) groups excluding carboxylic acids is 1. The molecule has 0 aliphatic heterocycles. The van der Waals surface area contributed by atoms with Gasteiger partial charge in [0.05, 0.1) is 6.61 Å². The van der Waals surface area contributed by atoms with E-state index in [0.717, 1.165) is 12.8 Å². The molecule has 0 radical (unpaired) electrons. The second-order valence-corrected chi connectivity index (χ2v) is 5.08. The lowest BCUT2D eigenvalue weighted by molar-refractivity contribution is -0.124. The van der Waals surface area contributed by atoms with Gasteiger partial charge in [-0.05, 0) is 25.5 Å². The lowest BCUT2D eigenvalue weighted by Crippen LogP contribution is -2.46. The average Bonchev–Trinajstić information content (AvgIpc) is 2.66. The van der Waals surface area contributed by atoms with E-state index < -0.39 is 6.04 Å². The number of hydrogen-bond donors (Lipinski definition) is 2. The molecule has 5 heteroatoms. The van der Waals surface area contributed by atoms with Gasteiger partial charge in [0, 0.05) is 18.4 Å². The molecule has 88 valence electrons. The van der Waals surface area contributed by atoms with E-state index in [9.17, 15) is 4.79 Å². The minimum Gasteiger partial charge on any atom is -0.383 e. The van der Waals surface area contributed by atoms with Crippen molar-refractivity contribution < 1.29 is 9.53 Å². The standard InChI is InChI=1S/C10H20N2O2S/c1-14-6-9(11)10(13)12-7-3-4-8(5-7)15-2/h7-9H,3-6,11H2,1-2H3,(H,12,13). The molecule has 0 spiro atoms. The molecule has 1 aliphatic rings. The zero-order valence-electron chi connectivity index (χ0n) is 9.36. The van der Waals surface area contributed by atoms with Crippen LogP contribution >= 0.6 is 11.8 Å². The first kappa shape index (κ1) is 12.8. The normalized spacial score (nSPS) is 27.7. The first-order valence-electron chi connectivity index (χ1n) is 5.25. The molecule has 3 N–H and O–H groups in total. The van der Waals surface area contributed by atoms with Crippen molar-refractivity contribution >= 4 is 17.7 Å². The zero-order chi connectivity index (χ0) is 11.3. The summed E-state index contributed by atoms with van der Waals surface area (Å²) >= 11 is 1.87. The predicted octanol–water partition coefficient (Wildman–Crippen LogP) is 0.360. The number of nitrogens with two attached hydrogens (primary N) is 1. The van der Waals surface area contributed by atoms with Crippen LogP contribution in [0.4, 0.5) is 0 Å². The van der Waals surface area contributed by atoms with Gasteiger partial charge in [-0.1, -0.05) is 0 Å². The second kappa shape index (κ2) is 6.35. The highest BCUT2D eigenvalue weighted by Gasteiger charge is 2.26. The molecule has 0 aromatic heterocycles. The van der Waals surface area contributed by atoms with Crippen molar-refractivity contribution in [1.29, 1.82) is 0 Å². The van der Waals surface area contributed by atoms with E-state index in [1.54, 1.807) is 7.11 Å². The fourth-order valence-electron chi connectivity index (χ4n) is 1.85. The molecule has 1 saturated carbocycles. The van der Waals surface area contributed by atoms with E-state index in [4.69, 9.17) is 10.5 Å². The molecule has 15 heavy (non-hydrogen) atoms. The molecule has 0 bridgehead atoms. The number of thioether (sulfide) groups is 1. The number of hydrogen-bond acceptors (Lipinski definition) is 4. The number of methoxy groups -OCH3 is 1. The van der Waals surface area contributed by atoms with Crippen molar-refractivity contribution in [3.05, 3.63) is 0 Å². The topological polar surface area (TPSA) is 64.3 Å². The minimum atomic E-state index is -0.539. The predicted molar refractivity (Wildman–Crippen MR) is 62.9 cm³/mol. The van der Waals surface area contributed by atoms with Gasteiger partial charge in [0.15, 0.2) is 0 Å². The van der Waals surface area contributed by atoms with Crippen LogP contribution in [0, 0.1) is 0 Å². The van der Waals surface area contributed by atoms with Crippen LogP contribution in [0.1, 0.15) is 19.3 Å². The second-order valence-electron chi connectivity index (χ2n) is 3.94. The van der Waals surface area contributed by atoms with Crippen molar-refractivity contribution in [2.75, 3.05) is 20.0 Å². The third kappa shape index (κ3) is 4.01. The first-order chi connectivity index (χ1) is 7.17. The summed E-state index contributed by atoms with van der Waals surface area (Å²) in [6, 6.07) is -0.235. The summed E-state index contributed by atoms with van der Waals surface area (Å²) in [4.78, 5) is 11.6. The van der Waals surface area contributed by atoms with Crippen LogP contribution in [0.2, 0.25) is 0 Å². The largest absolute Gasteiger partial charge is 0.383 e. The van der Waals surface area contributed by atoms with Crippen molar-refractivity contribution in [2.45, 2.75) is 36.6 Å². The van der Waals surface area contributed by atoms with Crippen LogP contribution in [0.3, 0.4) is 0 Å². The molecule has 1 rings (SSSR count). The van der Waals surface area contributed by atoms with E-state index in [1.807, 2.05) is 11.8 Å². The maximum atomic E-state index is 11.6. The van der Waals surface area contributed by atoms with Crippen molar-refractivity contribution in [2.24, 2.45) is 5.73 Å². The lowest BCUT2D eigenvalue weighted by Gasteiger charge is -2.16. The summed E-state index contributed by atoms with van der Waals surface area (Å²) in [7, 11) is 1.55. The molecule has 4 nitrogen and oxygen atoms in total. The summed E-state index contributed by atoms with van der Waals surface area (Å²) in [5.41, 5.74) is 5.63.